The van der Waals surface area contributed by atoms with E-state index in [2.05, 4.69) is 47.5 Å². The minimum absolute atomic E-state index is 0.401. The van der Waals surface area contributed by atoms with Crippen LogP contribution in [0.2, 0.25) is 0 Å². The summed E-state index contributed by atoms with van der Waals surface area (Å²) in [5, 5.41) is 3.81. The molecule has 0 amide bonds. The molecule has 0 saturated carbocycles. The van der Waals surface area contributed by atoms with Gasteiger partial charge in [0.2, 0.25) is 0 Å². The lowest BCUT2D eigenvalue weighted by atomic mass is 10.0. The Hall–Kier alpha value is -0.900. The van der Waals surface area contributed by atoms with Crippen molar-refractivity contribution in [1.29, 1.82) is 0 Å². The molecule has 116 valence electrons. The van der Waals surface area contributed by atoms with Gasteiger partial charge < -0.3 is 10.1 Å². The molecule has 1 aromatic carbocycles. The van der Waals surface area contributed by atoms with Crippen LogP contribution in [0, 0.1) is 0 Å². The Balaban J connectivity index is 1.62. The third kappa shape index (κ3) is 4.06. The number of rotatable bonds is 5. The molecule has 2 saturated heterocycles. The molecule has 2 aliphatic heterocycles. The Morgan fingerprint density at radius 3 is 2.71 bits per heavy atom. The van der Waals surface area contributed by atoms with Crippen LogP contribution in [0.5, 0.6) is 0 Å². The first-order chi connectivity index (χ1) is 10.3. The van der Waals surface area contributed by atoms with Crippen molar-refractivity contribution in [2.75, 3.05) is 26.2 Å². The van der Waals surface area contributed by atoms with Crippen molar-refractivity contribution in [1.82, 2.24) is 10.2 Å². The number of hydrogen-bond donors (Lipinski definition) is 1. The van der Waals surface area contributed by atoms with Crippen molar-refractivity contribution < 1.29 is 4.74 Å². The molecule has 3 unspecified atom stereocenters. The average Bonchev–Trinajstić information content (AvgIpc) is 3.03. The molecule has 1 aromatic rings. The summed E-state index contributed by atoms with van der Waals surface area (Å²) in [6.45, 7) is 6.62. The molecule has 0 spiro atoms. The second-order valence-electron chi connectivity index (χ2n) is 6.48. The van der Waals surface area contributed by atoms with Crippen molar-refractivity contribution in [3.05, 3.63) is 35.9 Å². The lowest BCUT2D eigenvalue weighted by Crippen LogP contribution is -2.42. The maximum Gasteiger partial charge on any atom is 0.0561 e. The number of likely N-dealkylation sites (tertiary alicyclic amines) is 1. The summed E-state index contributed by atoms with van der Waals surface area (Å²) >= 11 is 0. The van der Waals surface area contributed by atoms with E-state index in [1.165, 1.54) is 31.5 Å². The fourth-order valence-electron chi connectivity index (χ4n) is 3.65. The zero-order valence-electron chi connectivity index (χ0n) is 13.1. The van der Waals surface area contributed by atoms with Crippen molar-refractivity contribution >= 4 is 0 Å². The van der Waals surface area contributed by atoms with Crippen molar-refractivity contribution in [3.63, 3.8) is 0 Å². The third-order valence-electron chi connectivity index (χ3n) is 4.85. The van der Waals surface area contributed by atoms with Gasteiger partial charge in [-0.2, -0.15) is 0 Å². The predicted octanol–water partition coefficient (Wildman–Crippen LogP) is 2.98. The van der Waals surface area contributed by atoms with Crippen molar-refractivity contribution in [2.45, 2.75) is 50.8 Å². The Morgan fingerprint density at radius 2 is 2.00 bits per heavy atom. The lowest BCUT2D eigenvalue weighted by molar-refractivity contribution is 0.0121. The maximum atomic E-state index is 5.65. The first-order valence-electron chi connectivity index (χ1n) is 8.47. The fraction of sp³-hybridized carbons (Fsp3) is 0.667. The molecule has 3 heteroatoms. The quantitative estimate of drug-likeness (QED) is 0.901. The number of nitrogens with zero attached hydrogens (tertiary/aromatic N) is 1. The molecule has 2 heterocycles. The molecule has 3 atom stereocenters. The number of ether oxygens (including phenoxy) is 1. The number of hydrogen-bond acceptors (Lipinski definition) is 3. The summed E-state index contributed by atoms with van der Waals surface area (Å²) in [5.74, 6) is 0. The van der Waals surface area contributed by atoms with Gasteiger partial charge >= 0.3 is 0 Å². The van der Waals surface area contributed by atoms with E-state index in [1.807, 2.05) is 0 Å². The second-order valence-corrected chi connectivity index (χ2v) is 6.48. The third-order valence-corrected chi connectivity index (χ3v) is 4.85. The van der Waals surface area contributed by atoms with Crippen LogP contribution in [0.15, 0.2) is 30.3 Å². The van der Waals surface area contributed by atoms with Gasteiger partial charge in [0.05, 0.1) is 6.10 Å². The zero-order valence-corrected chi connectivity index (χ0v) is 13.1. The average molecular weight is 288 g/mol. The summed E-state index contributed by atoms with van der Waals surface area (Å²) < 4.78 is 5.65. The molecule has 0 aliphatic carbocycles. The van der Waals surface area contributed by atoms with Crippen LogP contribution in [0.25, 0.3) is 0 Å². The summed E-state index contributed by atoms with van der Waals surface area (Å²) in [6.07, 6.45) is 5.38. The molecule has 0 bridgehead atoms. The van der Waals surface area contributed by atoms with Gasteiger partial charge in [0.25, 0.3) is 0 Å². The van der Waals surface area contributed by atoms with E-state index < -0.39 is 0 Å². The highest BCUT2D eigenvalue weighted by atomic mass is 16.5. The van der Waals surface area contributed by atoms with E-state index in [1.54, 1.807) is 0 Å². The summed E-state index contributed by atoms with van der Waals surface area (Å²) in [6, 6.07) is 12.1. The van der Waals surface area contributed by atoms with Crippen LogP contribution in [-0.2, 0) is 4.74 Å². The Kier molecular flexibility index (Phi) is 5.28. The molecular weight excluding hydrogens is 260 g/mol. The van der Waals surface area contributed by atoms with E-state index >= 15 is 0 Å². The van der Waals surface area contributed by atoms with Gasteiger partial charge in [-0.05, 0) is 51.3 Å². The van der Waals surface area contributed by atoms with E-state index in [-0.39, 0.29) is 0 Å². The Morgan fingerprint density at radius 1 is 1.24 bits per heavy atom. The second kappa shape index (κ2) is 7.39. The molecule has 0 radical (unpaired) electrons. The molecule has 0 aromatic heterocycles. The van der Waals surface area contributed by atoms with Gasteiger partial charge in [0.15, 0.2) is 0 Å². The SMILES string of the molecule is CC1CC(NCC(c2ccccc2)N2CCCC2)CCO1. The maximum absolute atomic E-state index is 5.65. The standard InChI is InChI=1S/C18H28N2O/c1-15-13-17(9-12-21-15)19-14-18(20-10-5-6-11-20)16-7-3-2-4-8-16/h2-4,7-8,15,17-19H,5-6,9-14H2,1H3. The highest BCUT2D eigenvalue weighted by Crippen LogP contribution is 2.25. The highest BCUT2D eigenvalue weighted by Gasteiger charge is 2.25. The van der Waals surface area contributed by atoms with Crippen LogP contribution < -0.4 is 5.32 Å². The first-order valence-corrected chi connectivity index (χ1v) is 8.47. The van der Waals surface area contributed by atoms with Crippen molar-refractivity contribution in [3.8, 4) is 0 Å². The molecule has 2 fully saturated rings. The normalized spacial score (nSPS) is 28.6. The van der Waals surface area contributed by atoms with Crippen molar-refractivity contribution in [2.24, 2.45) is 0 Å². The van der Waals surface area contributed by atoms with Gasteiger partial charge in [-0.15, -0.1) is 0 Å². The molecule has 3 rings (SSSR count). The minimum atomic E-state index is 0.401. The van der Waals surface area contributed by atoms with E-state index in [0.29, 0.717) is 18.2 Å². The molecule has 2 aliphatic rings. The fourth-order valence-corrected chi connectivity index (χ4v) is 3.65. The van der Waals surface area contributed by atoms with Gasteiger partial charge in [0, 0.05) is 25.2 Å². The minimum Gasteiger partial charge on any atom is -0.378 e. The predicted molar refractivity (Wildman–Crippen MR) is 86.4 cm³/mol. The van der Waals surface area contributed by atoms with Crippen LogP contribution >= 0.6 is 0 Å². The number of benzene rings is 1. The Bertz CT molecular complexity index is 416. The Labute approximate surface area is 128 Å². The first kappa shape index (κ1) is 15.0. The van der Waals surface area contributed by atoms with Crippen LogP contribution in [0.3, 0.4) is 0 Å². The topological polar surface area (TPSA) is 24.5 Å². The zero-order chi connectivity index (χ0) is 14.5. The van der Waals surface area contributed by atoms with Gasteiger partial charge in [-0.3, -0.25) is 4.90 Å². The van der Waals surface area contributed by atoms with Crippen LogP contribution in [0.4, 0.5) is 0 Å². The van der Waals surface area contributed by atoms with E-state index in [0.717, 1.165) is 26.0 Å². The summed E-state index contributed by atoms with van der Waals surface area (Å²) in [4.78, 5) is 2.64. The van der Waals surface area contributed by atoms with Gasteiger partial charge in [0.1, 0.15) is 0 Å². The van der Waals surface area contributed by atoms with Crippen LogP contribution in [-0.4, -0.2) is 43.3 Å². The number of nitrogens with one attached hydrogen (secondary N) is 1. The van der Waals surface area contributed by atoms with E-state index in [9.17, 15) is 0 Å². The summed E-state index contributed by atoms with van der Waals surface area (Å²) in [5.41, 5.74) is 1.45. The molecule has 21 heavy (non-hydrogen) atoms. The van der Waals surface area contributed by atoms with E-state index in [4.69, 9.17) is 4.74 Å². The van der Waals surface area contributed by atoms with Crippen LogP contribution in [0.1, 0.15) is 44.2 Å². The van der Waals surface area contributed by atoms with Gasteiger partial charge in [-0.1, -0.05) is 30.3 Å². The largest absolute Gasteiger partial charge is 0.378 e. The van der Waals surface area contributed by atoms with Gasteiger partial charge in [-0.25, -0.2) is 0 Å². The monoisotopic (exact) mass is 288 g/mol. The molecule has 3 nitrogen and oxygen atoms in total. The molecule has 1 N–H and O–H groups in total. The summed E-state index contributed by atoms with van der Waals surface area (Å²) in [7, 11) is 0. The molecular formula is C18H28N2O. The lowest BCUT2D eigenvalue weighted by Gasteiger charge is -2.33. The highest BCUT2D eigenvalue weighted by molar-refractivity contribution is 5.19. The smallest absolute Gasteiger partial charge is 0.0561 e.